The van der Waals surface area contributed by atoms with E-state index < -0.39 is 0 Å². The van der Waals surface area contributed by atoms with E-state index in [0.29, 0.717) is 13.2 Å². The Morgan fingerprint density at radius 2 is 2.00 bits per heavy atom. The van der Waals surface area contributed by atoms with Gasteiger partial charge >= 0.3 is 0 Å². The summed E-state index contributed by atoms with van der Waals surface area (Å²) in [5, 5.41) is 4.00. The Morgan fingerprint density at radius 3 is 2.53 bits per heavy atom. The van der Waals surface area contributed by atoms with Gasteiger partial charge in [-0.3, -0.25) is 4.68 Å². The maximum atomic E-state index is 5.78. The van der Waals surface area contributed by atoms with Crippen molar-refractivity contribution in [3.63, 3.8) is 0 Å². The second kappa shape index (κ2) is 6.49. The van der Waals surface area contributed by atoms with Crippen LogP contribution in [0.1, 0.15) is 11.4 Å². The highest BCUT2D eigenvalue weighted by Crippen LogP contribution is 2.35. The summed E-state index contributed by atoms with van der Waals surface area (Å²) >= 11 is 7.02. The molecule has 0 fully saturated rings. The second-order valence-electron chi connectivity index (χ2n) is 4.02. The van der Waals surface area contributed by atoms with E-state index in [0.717, 1.165) is 32.5 Å². The number of aryl methyl sites for hydroxylation is 1. The van der Waals surface area contributed by atoms with Crippen molar-refractivity contribution >= 4 is 31.9 Å². The van der Waals surface area contributed by atoms with E-state index in [1.165, 1.54) is 6.33 Å². The van der Waals surface area contributed by atoms with Gasteiger partial charge in [0.05, 0.1) is 8.95 Å². The molecule has 0 aliphatic carbocycles. The molecule has 0 bridgehead atoms. The van der Waals surface area contributed by atoms with Crippen molar-refractivity contribution in [3.05, 3.63) is 38.8 Å². The van der Waals surface area contributed by atoms with Crippen molar-refractivity contribution in [2.75, 3.05) is 6.54 Å². The Labute approximate surface area is 128 Å². The van der Waals surface area contributed by atoms with Crippen molar-refractivity contribution in [1.29, 1.82) is 0 Å². The standard InChI is InChI=1S/C12H14Br2N4O/c1-18-11(16-7-17-18)6-19-12-9(13)4-8(2-3-15)5-10(12)14/h4-5,7H,2-3,6,15H2,1H3. The van der Waals surface area contributed by atoms with Crippen LogP contribution in [-0.4, -0.2) is 21.3 Å². The Morgan fingerprint density at radius 1 is 1.32 bits per heavy atom. The minimum Gasteiger partial charge on any atom is -0.483 e. The van der Waals surface area contributed by atoms with E-state index in [4.69, 9.17) is 10.5 Å². The maximum Gasteiger partial charge on any atom is 0.164 e. The number of hydrogen-bond acceptors (Lipinski definition) is 4. The fourth-order valence-electron chi connectivity index (χ4n) is 1.65. The zero-order valence-corrected chi connectivity index (χ0v) is 13.6. The highest BCUT2D eigenvalue weighted by Gasteiger charge is 2.10. The predicted molar refractivity (Wildman–Crippen MR) is 79.9 cm³/mol. The monoisotopic (exact) mass is 388 g/mol. The normalized spacial score (nSPS) is 10.7. The van der Waals surface area contributed by atoms with Crippen molar-refractivity contribution in [2.45, 2.75) is 13.0 Å². The summed E-state index contributed by atoms with van der Waals surface area (Å²) in [6.45, 7) is 0.988. The van der Waals surface area contributed by atoms with Gasteiger partial charge < -0.3 is 10.5 Å². The fourth-order valence-corrected chi connectivity index (χ4v) is 3.16. The molecule has 5 nitrogen and oxygen atoms in total. The first-order valence-corrected chi connectivity index (χ1v) is 7.34. The summed E-state index contributed by atoms with van der Waals surface area (Å²) in [6.07, 6.45) is 2.34. The Bertz CT molecular complexity index is 548. The highest BCUT2D eigenvalue weighted by atomic mass is 79.9. The third-order valence-corrected chi connectivity index (χ3v) is 3.82. The molecule has 0 saturated heterocycles. The summed E-state index contributed by atoms with van der Waals surface area (Å²) in [7, 11) is 1.83. The molecule has 1 heterocycles. The van der Waals surface area contributed by atoms with Crippen LogP contribution in [0.2, 0.25) is 0 Å². The first-order chi connectivity index (χ1) is 9.11. The Balaban J connectivity index is 2.14. The number of nitrogens with zero attached hydrogens (tertiary/aromatic N) is 3. The molecule has 1 aromatic heterocycles. The van der Waals surface area contributed by atoms with Gasteiger partial charge in [0.15, 0.2) is 5.82 Å². The minimum atomic E-state index is 0.365. The quantitative estimate of drug-likeness (QED) is 0.852. The average Bonchev–Trinajstić information content (AvgIpc) is 2.74. The van der Waals surface area contributed by atoms with Crippen LogP contribution in [0.3, 0.4) is 0 Å². The third-order valence-electron chi connectivity index (χ3n) is 2.64. The van der Waals surface area contributed by atoms with Crippen LogP contribution in [0.15, 0.2) is 27.4 Å². The summed E-state index contributed by atoms with van der Waals surface area (Å²) in [6, 6.07) is 4.03. The number of benzene rings is 1. The molecule has 19 heavy (non-hydrogen) atoms. The van der Waals surface area contributed by atoms with Crippen molar-refractivity contribution in [2.24, 2.45) is 12.8 Å². The first-order valence-electron chi connectivity index (χ1n) is 5.75. The van der Waals surface area contributed by atoms with Crippen LogP contribution in [-0.2, 0) is 20.1 Å². The van der Waals surface area contributed by atoms with Crippen LogP contribution >= 0.6 is 31.9 Å². The van der Waals surface area contributed by atoms with E-state index in [2.05, 4.69) is 41.9 Å². The summed E-state index contributed by atoms with van der Waals surface area (Å²) in [4.78, 5) is 4.12. The molecule has 0 aliphatic heterocycles. The smallest absolute Gasteiger partial charge is 0.164 e. The number of ether oxygens (including phenoxy) is 1. The molecule has 0 radical (unpaired) electrons. The minimum absolute atomic E-state index is 0.365. The average molecular weight is 390 g/mol. The zero-order valence-electron chi connectivity index (χ0n) is 10.4. The molecular formula is C12H14Br2N4O. The fraction of sp³-hybridized carbons (Fsp3) is 0.333. The van der Waals surface area contributed by atoms with Crippen LogP contribution < -0.4 is 10.5 Å². The number of halogens is 2. The van der Waals surface area contributed by atoms with E-state index in [-0.39, 0.29) is 0 Å². The van der Waals surface area contributed by atoms with Gasteiger partial charge in [0.25, 0.3) is 0 Å². The first kappa shape index (κ1) is 14.5. The Kier molecular flexibility index (Phi) is 4.95. The van der Waals surface area contributed by atoms with Crippen LogP contribution in [0.25, 0.3) is 0 Å². The van der Waals surface area contributed by atoms with Crippen molar-refractivity contribution < 1.29 is 4.74 Å². The summed E-state index contributed by atoms with van der Waals surface area (Å²) in [5.41, 5.74) is 6.72. The SMILES string of the molecule is Cn1ncnc1COc1c(Br)cc(CCN)cc1Br. The van der Waals surface area contributed by atoms with Crippen LogP contribution in [0.5, 0.6) is 5.75 Å². The van der Waals surface area contributed by atoms with E-state index in [1.807, 2.05) is 19.2 Å². The number of nitrogens with two attached hydrogens (primary N) is 1. The topological polar surface area (TPSA) is 66.0 Å². The number of rotatable bonds is 5. The molecule has 7 heteroatoms. The molecule has 0 atom stereocenters. The third kappa shape index (κ3) is 3.55. The van der Waals surface area contributed by atoms with Gasteiger partial charge in [-0.15, -0.1) is 0 Å². The van der Waals surface area contributed by atoms with Crippen LogP contribution in [0, 0.1) is 0 Å². The van der Waals surface area contributed by atoms with Gasteiger partial charge in [0, 0.05) is 7.05 Å². The number of aromatic nitrogens is 3. The Hall–Kier alpha value is -0.920. The maximum absolute atomic E-state index is 5.78. The molecule has 102 valence electrons. The lowest BCUT2D eigenvalue weighted by Gasteiger charge is -2.11. The highest BCUT2D eigenvalue weighted by molar-refractivity contribution is 9.11. The van der Waals surface area contributed by atoms with E-state index >= 15 is 0 Å². The largest absolute Gasteiger partial charge is 0.483 e. The van der Waals surface area contributed by atoms with Gasteiger partial charge in [0.2, 0.25) is 0 Å². The predicted octanol–water partition coefficient (Wildman–Crippen LogP) is 2.42. The lowest BCUT2D eigenvalue weighted by Crippen LogP contribution is -2.06. The molecule has 0 spiro atoms. The van der Waals surface area contributed by atoms with E-state index in [9.17, 15) is 0 Å². The van der Waals surface area contributed by atoms with Gasteiger partial charge in [-0.05, 0) is 62.5 Å². The van der Waals surface area contributed by atoms with Gasteiger partial charge in [0.1, 0.15) is 18.7 Å². The molecule has 0 unspecified atom stereocenters. The lowest BCUT2D eigenvalue weighted by molar-refractivity contribution is 0.286. The zero-order chi connectivity index (χ0) is 13.8. The number of hydrogen-bond donors (Lipinski definition) is 1. The molecule has 0 aliphatic rings. The van der Waals surface area contributed by atoms with Crippen molar-refractivity contribution in [1.82, 2.24) is 14.8 Å². The molecular weight excluding hydrogens is 376 g/mol. The lowest BCUT2D eigenvalue weighted by atomic mass is 10.1. The van der Waals surface area contributed by atoms with E-state index in [1.54, 1.807) is 4.68 Å². The molecule has 0 saturated carbocycles. The molecule has 0 amide bonds. The molecule has 2 rings (SSSR count). The van der Waals surface area contributed by atoms with Crippen molar-refractivity contribution in [3.8, 4) is 5.75 Å². The van der Waals surface area contributed by atoms with Gasteiger partial charge in [-0.2, -0.15) is 5.10 Å². The second-order valence-corrected chi connectivity index (χ2v) is 5.72. The molecule has 2 N–H and O–H groups in total. The molecule has 2 aromatic rings. The molecule has 1 aromatic carbocycles. The van der Waals surface area contributed by atoms with Gasteiger partial charge in [-0.25, -0.2) is 4.98 Å². The van der Waals surface area contributed by atoms with Crippen LogP contribution in [0.4, 0.5) is 0 Å². The summed E-state index contributed by atoms with van der Waals surface area (Å²) < 4.78 is 9.25. The van der Waals surface area contributed by atoms with Gasteiger partial charge in [-0.1, -0.05) is 0 Å². The summed E-state index contributed by atoms with van der Waals surface area (Å²) in [5.74, 6) is 1.52.